The Labute approximate surface area is 224 Å². The Hall–Kier alpha value is -2.95. The zero-order valence-corrected chi connectivity index (χ0v) is 23.2. The highest BCUT2D eigenvalue weighted by molar-refractivity contribution is 7.13. The van der Waals surface area contributed by atoms with Crippen molar-refractivity contribution in [2.45, 2.75) is 64.6 Å². The van der Waals surface area contributed by atoms with Gasteiger partial charge in [-0.15, -0.1) is 11.3 Å². The van der Waals surface area contributed by atoms with E-state index < -0.39 is 17.7 Å². The van der Waals surface area contributed by atoms with Crippen molar-refractivity contribution in [1.29, 1.82) is 0 Å². The van der Waals surface area contributed by atoms with Crippen LogP contribution in [0.1, 0.15) is 54.9 Å². The van der Waals surface area contributed by atoms with Crippen LogP contribution in [0.15, 0.2) is 40.8 Å². The summed E-state index contributed by atoms with van der Waals surface area (Å²) >= 11 is 2.92. The van der Waals surface area contributed by atoms with Gasteiger partial charge >= 0.3 is 0 Å². The number of nitrogens with zero attached hydrogens (tertiary/aromatic N) is 4. The van der Waals surface area contributed by atoms with Gasteiger partial charge in [-0.25, -0.2) is 9.98 Å². The van der Waals surface area contributed by atoms with Crippen LogP contribution in [0.3, 0.4) is 0 Å². The molecule has 4 atom stereocenters. The molecule has 37 heavy (non-hydrogen) atoms. The highest BCUT2D eigenvalue weighted by Gasteiger charge is 2.48. The second-order valence-electron chi connectivity index (χ2n) is 10.4. The summed E-state index contributed by atoms with van der Waals surface area (Å²) in [6.45, 7) is 9.92. The third-order valence-electron chi connectivity index (χ3n) is 7.25. The highest BCUT2D eigenvalue weighted by Crippen LogP contribution is 2.37. The van der Waals surface area contributed by atoms with E-state index in [1.807, 2.05) is 63.5 Å². The first-order valence-electron chi connectivity index (χ1n) is 12.4. The number of aromatic nitrogens is 2. The van der Waals surface area contributed by atoms with E-state index in [9.17, 15) is 14.7 Å². The highest BCUT2D eigenvalue weighted by atomic mass is 32.1. The van der Waals surface area contributed by atoms with Crippen LogP contribution in [0.25, 0.3) is 10.4 Å². The van der Waals surface area contributed by atoms with Crippen molar-refractivity contribution in [2.75, 3.05) is 6.54 Å². The van der Waals surface area contributed by atoms with Crippen LogP contribution < -0.4 is 5.32 Å². The van der Waals surface area contributed by atoms with E-state index >= 15 is 0 Å². The molecule has 0 radical (unpaired) electrons. The van der Waals surface area contributed by atoms with Crippen LogP contribution in [0.5, 0.6) is 0 Å². The molecular weight excluding hydrogens is 506 g/mol. The molecule has 2 amide bonds. The molecular formula is C27H31N5O3S2. The lowest BCUT2D eigenvalue weighted by atomic mass is 9.91. The molecule has 0 saturated carbocycles. The average molecular weight is 538 g/mol. The molecule has 2 unspecified atom stereocenters. The molecule has 0 aliphatic carbocycles. The number of carbonyl (C=O) groups excluding carboxylic acids is 2. The summed E-state index contributed by atoms with van der Waals surface area (Å²) in [6, 6.07) is 9.28. The first-order chi connectivity index (χ1) is 17.6. The van der Waals surface area contributed by atoms with Gasteiger partial charge in [-0.2, -0.15) is 4.37 Å². The van der Waals surface area contributed by atoms with Crippen LogP contribution >= 0.6 is 22.9 Å². The van der Waals surface area contributed by atoms with E-state index in [2.05, 4.69) is 14.7 Å². The third-order valence-corrected chi connectivity index (χ3v) is 9.19. The molecule has 2 aromatic heterocycles. The van der Waals surface area contributed by atoms with Gasteiger partial charge < -0.3 is 15.3 Å². The van der Waals surface area contributed by atoms with Crippen molar-refractivity contribution in [3.8, 4) is 10.4 Å². The number of aryl methyl sites for hydroxylation is 2. The Bertz CT molecular complexity index is 1360. The maximum atomic E-state index is 13.8. The maximum Gasteiger partial charge on any atom is 0.257 e. The molecule has 1 aromatic carbocycles. The third kappa shape index (κ3) is 4.62. The monoisotopic (exact) mass is 537 g/mol. The van der Waals surface area contributed by atoms with Gasteiger partial charge in [0.05, 0.1) is 39.8 Å². The molecule has 5 rings (SSSR count). The number of carbonyl (C=O) groups is 2. The van der Waals surface area contributed by atoms with Crippen LogP contribution in [0.2, 0.25) is 0 Å². The minimum atomic E-state index is -1.12. The van der Waals surface area contributed by atoms with Gasteiger partial charge in [0.2, 0.25) is 5.91 Å². The minimum Gasteiger partial charge on any atom is -0.391 e. The zero-order valence-electron chi connectivity index (χ0n) is 21.6. The molecule has 1 fully saturated rings. The summed E-state index contributed by atoms with van der Waals surface area (Å²) in [4.78, 5) is 39.9. The number of amides is 2. The molecule has 3 aromatic rings. The second-order valence-corrected chi connectivity index (χ2v) is 12.0. The maximum absolute atomic E-state index is 13.8. The number of rotatable bonds is 6. The van der Waals surface area contributed by atoms with Crippen molar-refractivity contribution in [1.82, 2.24) is 19.6 Å². The number of hydrogen-bond donors (Lipinski definition) is 2. The number of amidine groups is 1. The lowest BCUT2D eigenvalue weighted by Crippen LogP contribution is -2.48. The summed E-state index contributed by atoms with van der Waals surface area (Å²) < 4.78 is 4.37. The quantitative estimate of drug-likeness (QED) is 0.494. The normalized spacial score (nSPS) is 24.5. The van der Waals surface area contributed by atoms with Gasteiger partial charge in [0.25, 0.3) is 5.91 Å². The van der Waals surface area contributed by atoms with Crippen LogP contribution in [-0.4, -0.2) is 55.7 Å². The topological polar surface area (TPSA) is 108 Å². The van der Waals surface area contributed by atoms with Gasteiger partial charge in [0.15, 0.2) is 5.54 Å². The number of nitrogens with one attached hydrogen (secondary N) is 1. The fraction of sp³-hybridized carbons (Fsp3) is 0.444. The van der Waals surface area contributed by atoms with Crippen molar-refractivity contribution >= 4 is 40.5 Å². The summed E-state index contributed by atoms with van der Waals surface area (Å²) in [6.07, 6.45) is -0.352. The number of hydrogen-bond acceptors (Lipinski definition) is 8. The minimum absolute atomic E-state index is 0.0526. The van der Waals surface area contributed by atoms with Crippen LogP contribution in [0.4, 0.5) is 0 Å². The molecule has 8 nitrogen and oxygen atoms in total. The van der Waals surface area contributed by atoms with E-state index in [1.165, 1.54) is 11.5 Å². The first kappa shape index (κ1) is 25.7. The molecule has 4 heterocycles. The summed E-state index contributed by atoms with van der Waals surface area (Å²) in [5.41, 5.74) is 4.37. The van der Waals surface area contributed by atoms with E-state index in [0.29, 0.717) is 12.3 Å². The van der Waals surface area contributed by atoms with Crippen molar-refractivity contribution in [2.24, 2.45) is 10.9 Å². The number of likely N-dealkylation sites (tertiary alicyclic amines) is 1. The van der Waals surface area contributed by atoms with Gasteiger partial charge in [-0.3, -0.25) is 9.59 Å². The molecule has 0 bridgehead atoms. The smallest absolute Gasteiger partial charge is 0.257 e. The van der Waals surface area contributed by atoms with Gasteiger partial charge in [0, 0.05) is 17.8 Å². The number of aliphatic imine (C=N–C) groups is 1. The van der Waals surface area contributed by atoms with E-state index in [0.717, 1.165) is 32.3 Å². The number of benzene rings is 1. The Balaban J connectivity index is 1.43. The van der Waals surface area contributed by atoms with E-state index in [-0.39, 0.29) is 30.2 Å². The predicted molar refractivity (Wildman–Crippen MR) is 146 cm³/mol. The Kier molecular flexibility index (Phi) is 6.76. The molecule has 10 heteroatoms. The summed E-state index contributed by atoms with van der Waals surface area (Å²) in [5.74, 6) is -0.197. The Morgan fingerprint density at radius 3 is 2.57 bits per heavy atom. The fourth-order valence-electron chi connectivity index (χ4n) is 5.20. The standard InChI is InChI=1S/C27H31N5O3S2/c1-14(2)22(21-10-15(3)31-37-21)25(34)32-12-19(33)11-20(32)24-29-26(35)27(5,30-24)18-8-6-17(7-9-18)23-16(4)28-13-36-23/h6-10,13-14,19-20,22,33H,11-12H2,1-5H3,(H,29,30,35)/t19-,20-,22?,27?/m1/s1. The van der Waals surface area contributed by atoms with E-state index in [4.69, 9.17) is 4.99 Å². The largest absolute Gasteiger partial charge is 0.391 e. The Morgan fingerprint density at radius 2 is 1.97 bits per heavy atom. The number of thiazole rings is 1. The summed E-state index contributed by atoms with van der Waals surface area (Å²) in [7, 11) is 0. The zero-order chi connectivity index (χ0) is 26.5. The molecule has 2 N–H and O–H groups in total. The molecule has 1 saturated heterocycles. The first-order valence-corrected chi connectivity index (χ1v) is 14.1. The van der Waals surface area contributed by atoms with Gasteiger partial charge in [-0.05, 0) is 55.4 Å². The molecule has 194 valence electrons. The molecule has 2 aliphatic heterocycles. The van der Waals surface area contributed by atoms with E-state index in [1.54, 1.807) is 23.2 Å². The number of β-amino-alcohol motifs (C(OH)–C–C–N with tert-alkyl or cyclic N) is 1. The van der Waals surface area contributed by atoms with Crippen LogP contribution in [0, 0.1) is 19.8 Å². The van der Waals surface area contributed by atoms with Crippen molar-refractivity contribution in [3.05, 3.63) is 57.7 Å². The van der Waals surface area contributed by atoms with Crippen molar-refractivity contribution < 1.29 is 14.7 Å². The average Bonchev–Trinajstić information content (AvgIpc) is 3.62. The van der Waals surface area contributed by atoms with Crippen LogP contribution in [-0.2, 0) is 15.1 Å². The Morgan fingerprint density at radius 1 is 1.24 bits per heavy atom. The predicted octanol–water partition coefficient (Wildman–Crippen LogP) is 4.03. The lowest BCUT2D eigenvalue weighted by molar-refractivity contribution is -0.134. The van der Waals surface area contributed by atoms with Crippen molar-refractivity contribution in [3.63, 3.8) is 0 Å². The number of aliphatic hydroxyl groups excluding tert-OH is 1. The van der Waals surface area contributed by atoms with Gasteiger partial charge in [0.1, 0.15) is 5.84 Å². The molecule has 0 spiro atoms. The second kappa shape index (κ2) is 9.74. The van der Waals surface area contributed by atoms with Gasteiger partial charge in [-0.1, -0.05) is 38.1 Å². The lowest BCUT2D eigenvalue weighted by Gasteiger charge is -2.29. The molecule has 2 aliphatic rings. The number of aliphatic hydroxyl groups is 1. The fourth-order valence-corrected chi connectivity index (χ4v) is 7.02. The summed E-state index contributed by atoms with van der Waals surface area (Å²) in [5, 5.41) is 13.5. The SMILES string of the molecule is Cc1cc(C(C(=O)N2C[C@H](O)C[C@@H]2C2=NC(C)(c3ccc(-c4scnc4C)cc3)C(=O)N2)C(C)C)sn1.